The smallest absolute Gasteiger partial charge is 0.0470 e. The monoisotopic (exact) mass is 146 g/mol. The molecule has 0 saturated heterocycles. The fourth-order valence-electron chi connectivity index (χ4n) is 1.34. The minimum absolute atomic E-state index is 1.01. The number of pyridine rings is 1. The molecule has 0 N–H and O–H groups in total. The van der Waals surface area contributed by atoms with Crippen LogP contribution in [0.5, 0.6) is 0 Å². The summed E-state index contributed by atoms with van der Waals surface area (Å²) in [5.41, 5.74) is 2.57. The molecule has 2 heteroatoms. The van der Waals surface area contributed by atoms with Gasteiger partial charge < -0.3 is 4.90 Å². The molecule has 0 spiro atoms. The van der Waals surface area contributed by atoms with Gasteiger partial charge in [-0.05, 0) is 18.1 Å². The lowest BCUT2D eigenvalue weighted by Crippen LogP contribution is -2.13. The Hall–Kier alpha value is -1.31. The van der Waals surface area contributed by atoms with E-state index in [2.05, 4.69) is 29.2 Å². The van der Waals surface area contributed by atoms with Crippen molar-refractivity contribution >= 4 is 5.69 Å². The molecule has 0 atom stereocenters. The highest BCUT2D eigenvalue weighted by molar-refractivity contribution is 5.56. The van der Waals surface area contributed by atoms with Crippen molar-refractivity contribution in [1.29, 1.82) is 0 Å². The van der Waals surface area contributed by atoms with Crippen molar-refractivity contribution in [3.63, 3.8) is 0 Å². The standard InChI is InChI=1S/C9H10N2/c1-11-6-2-3-8-7-10-5-4-9(8)11/h2,4-7H,3H2,1H3. The average molecular weight is 146 g/mol. The van der Waals surface area contributed by atoms with Gasteiger partial charge >= 0.3 is 0 Å². The van der Waals surface area contributed by atoms with E-state index in [0.29, 0.717) is 0 Å². The van der Waals surface area contributed by atoms with E-state index >= 15 is 0 Å². The van der Waals surface area contributed by atoms with Gasteiger partial charge in [0, 0.05) is 31.3 Å². The summed E-state index contributed by atoms with van der Waals surface area (Å²) in [6.07, 6.45) is 8.99. The highest BCUT2D eigenvalue weighted by Gasteiger charge is 2.07. The van der Waals surface area contributed by atoms with Crippen molar-refractivity contribution in [2.24, 2.45) is 0 Å². The van der Waals surface area contributed by atoms with Crippen molar-refractivity contribution in [1.82, 2.24) is 4.98 Å². The summed E-state index contributed by atoms with van der Waals surface area (Å²) < 4.78 is 0. The van der Waals surface area contributed by atoms with Gasteiger partial charge in [0.15, 0.2) is 0 Å². The van der Waals surface area contributed by atoms with Crippen molar-refractivity contribution in [2.45, 2.75) is 6.42 Å². The van der Waals surface area contributed by atoms with Crippen LogP contribution in [0.1, 0.15) is 5.56 Å². The number of fused-ring (bicyclic) bond motifs is 1. The van der Waals surface area contributed by atoms with Crippen molar-refractivity contribution in [3.8, 4) is 0 Å². The predicted molar refractivity (Wildman–Crippen MR) is 45.5 cm³/mol. The zero-order valence-corrected chi connectivity index (χ0v) is 6.49. The van der Waals surface area contributed by atoms with E-state index in [0.717, 1.165) is 6.42 Å². The fraction of sp³-hybridized carbons (Fsp3) is 0.222. The molecule has 2 heterocycles. The van der Waals surface area contributed by atoms with Crippen molar-refractivity contribution in [3.05, 3.63) is 36.3 Å². The number of allylic oxidation sites excluding steroid dienone is 1. The third kappa shape index (κ3) is 1.00. The molecule has 0 fully saturated rings. The van der Waals surface area contributed by atoms with Crippen molar-refractivity contribution < 1.29 is 0 Å². The molecule has 0 bridgehead atoms. The maximum atomic E-state index is 4.07. The van der Waals surface area contributed by atoms with Gasteiger partial charge in [0.2, 0.25) is 0 Å². The Morgan fingerprint density at radius 2 is 2.45 bits per heavy atom. The maximum absolute atomic E-state index is 4.07. The second-order valence-corrected chi connectivity index (χ2v) is 2.70. The molecule has 1 aliphatic rings. The Bertz CT molecular complexity index is 291. The Balaban J connectivity index is 2.50. The summed E-state index contributed by atoms with van der Waals surface area (Å²) in [7, 11) is 2.05. The molecule has 2 rings (SSSR count). The molecule has 2 nitrogen and oxygen atoms in total. The zero-order valence-electron chi connectivity index (χ0n) is 6.49. The Labute approximate surface area is 66.2 Å². The minimum Gasteiger partial charge on any atom is -0.351 e. The molecule has 1 aromatic heterocycles. The number of hydrogen-bond donors (Lipinski definition) is 0. The van der Waals surface area contributed by atoms with E-state index in [9.17, 15) is 0 Å². The van der Waals surface area contributed by atoms with Crippen LogP contribution in [0.3, 0.4) is 0 Å². The van der Waals surface area contributed by atoms with Gasteiger partial charge in [-0.1, -0.05) is 6.08 Å². The van der Waals surface area contributed by atoms with E-state index in [4.69, 9.17) is 0 Å². The Kier molecular flexibility index (Phi) is 1.39. The first-order chi connectivity index (χ1) is 5.38. The molecule has 0 radical (unpaired) electrons. The summed E-state index contributed by atoms with van der Waals surface area (Å²) in [6.45, 7) is 0. The molecule has 0 saturated carbocycles. The second-order valence-electron chi connectivity index (χ2n) is 2.70. The molecular formula is C9H10N2. The topological polar surface area (TPSA) is 16.1 Å². The number of nitrogens with zero attached hydrogens (tertiary/aromatic N) is 2. The summed E-state index contributed by atoms with van der Waals surface area (Å²) >= 11 is 0. The molecule has 0 unspecified atom stereocenters. The van der Waals surface area contributed by atoms with Crippen LogP contribution in [-0.4, -0.2) is 12.0 Å². The van der Waals surface area contributed by atoms with Gasteiger partial charge in [-0.3, -0.25) is 4.98 Å². The van der Waals surface area contributed by atoms with Crippen LogP contribution in [-0.2, 0) is 6.42 Å². The summed E-state index contributed by atoms with van der Waals surface area (Å²) in [5, 5.41) is 0. The molecule has 1 aromatic rings. The van der Waals surface area contributed by atoms with E-state index in [1.165, 1.54) is 11.3 Å². The Morgan fingerprint density at radius 1 is 1.55 bits per heavy atom. The van der Waals surface area contributed by atoms with Crippen molar-refractivity contribution in [2.75, 3.05) is 11.9 Å². The molecule has 56 valence electrons. The van der Waals surface area contributed by atoms with Crippen LogP contribution < -0.4 is 4.90 Å². The van der Waals surface area contributed by atoms with Crippen LogP contribution in [0, 0.1) is 0 Å². The normalized spacial score (nSPS) is 14.8. The average Bonchev–Trinajstić information content (AvgIpc) is 2.06. The van der Waals surface area contributed by atoms with Gasteiger partial charge in [-0.15, -0.1) is 0 Å². The first-order valence-electron chi connectivity index (χ1n) is 3.70. The summed E-state index contributed by atoms with van der Waals surface area (Å²) in [5.74, 6) is 0. The molecule has 0 aliphatic carbocycles. The molecule has 11 heavy (non-hydrogen) atoms. The minimum atomic E-state index is 1.01. The van der Waals surface area contributed by atoms with E-state index < -0.39 is 0 Å². The molecule has 0 amide bonds. The van der Waals surface area contributed by atoms with Gasteiger partial charge in [0.25, 0.3) is 0 Å². The van der Waals surface area contributed by atoms with E-state index in [1.54, 1.807) is 0 Å². The summed E-state index contributed by atoms with van der Waals surface area (Å²) in [4.78, 5) is 6.18. The molecular weight excluding hydrogens is 136 g/mol. The van der Waals surface area contributed by atoms with E-state index in [-0.39, 0.29) is 0 Å². The third-order valence-corrected chi connectivity index (χ3v) is 1.92. The third-order valence-electron chi connectivity index (χ3n) is 1.92. The number of hydrogen-bond acceptors (Lipinski definition) is 2. The first kappa shape index (κ1) is 6.40. The number of anilines is 1. The van der Waals surface area contributed by atoms with Gasteiger partial charge in [0.05, 0.1) is 0 Å². The van der Waals surface area contributed by atoms with Gasteiger partial charge in [-0.2, -0.15) is 0 Å². The van der Waals surface area contributed by atoms with Crippen LogP contribution in [0.4, 0.5) is 5.69 Å². The summed E-state index contributed by atoms with van der Waals surface area (Å²) in [6, 6.07) is 2.04. The maximum Gasteiger partial charge on any atom is 0.0470 e. The number of aromatic nitrogens is 1. The van der Waals surface area contributed by atoms with Crippen LogP contribution in [0.15, 0.2) is 30.7 Å². The lowest BCUT2D eigenvalue weighted by atomic mass is 10.1. The SMILES string of the molecule is CN1C=CCc2cnccc21. The highest BCUT2D eigenvalue weighted by Crippen LogP contribution is 2.22. The second kappa shape index (κ2) is 2.38. The van der Waals surface area contributed by atoms with Gasteiger partial charge in [0.1, 0.15) is 0 Å². The number of rotatable bonds is 0. The zero-order chi connectivity index (χ0) is 7.68. The highest BCUT2D eigenvalue weighted by atomic mass is 15.1. The van der Waals surface area contributed by atoms with Gasteiger partial charge in [-0.25, -0.2) is 0 Å². The van der Waals surface area contributed by atoms with Crippen LogP contribution in [0.2, 0.25) is 0 Å². The van der Waals surface area contributed by atoms with E-state index in [1.807, 2.05) is 18.5 Å². The Morgan fingerprint density at radius 3 is 3.27 bits per heavy atom. The molecule has 0 aromatic carbocycles. The molecule has 1 aliphatic heterocycles. The van der Waals surface area contributed by atoms with Crippen LogP contribution in [0.25, 0.3) is 0 Å². The lowest BCUT2D eigenvalue weighted by molar-refractivity contribution is 1.06. The largest absolute Gasteiger partial charge is 0.351 e. The van der Waals surface area contributed by atoms with Crippen LogP contribution >= 0.6 is 0 Å². The quantitative estimate of drug-likeness (QED) is 0.552. The first-order valence-corrected chi connectivity index (χ1v) is 3.70. The fourth-order valence-corrected chi connectivity index (χ4v) is 1.34. The lowest BCUT2D eigenvalue weighted by Gasteiger charge is -2.20. The predicted octanol–water partition coefficient (Wildman–Crippen LogP) is 1.59.